The average Bonchev–Trinajstić information content (AvgIpc) is 2.47. The molecule has 0 aliphatic carbocycles. The van der Waals surface area contributed by atoms with Gasteiger partial charge in [-0.3, -0.25) is 0 Å². The maximum atomic E-state index is 12.2. The van der Waals surface area contributed by atoms with Crippen molar-refractivity contribution < 1.29 is 9.53 Å². The average molecular weight is 302 g/mol. The summed E-state index contributed by atoms with van der Waals surface area (Å²) in [7, 11) is 2.09. The van der Waals surface area contributed by atoms with E-state index in [1.54, 1.807) is 0 Å². The Bertz CT molecular complexity index is 524. The lowest BCUT2D eigenvalue weighted by Gasteiger charge is -2.28. The summed E-state index contributed by atoms with van der Waals surface area (Å²) in [6.45, 7) is 8.10. The second-order valence-electron chi connectivity index (χ2n) is 6.96. The highest BCUT2D eigenvalue weighted by atomic mass is 16.6. The van der Waals surface area contributed by atoms with Gasteiger partial charge in [0.15, 0.2) is 0 Å². The highest BCUT2D eigenvalue weighted by Crippen LogP contribution is 2.23. The van der Waals surface area contributed by atoms with Crippen LogP contribution in [0.2, 0.25) is 0 Å². The third-order valence-electron chi connectivity index (χ3n) is 3.89. The monoisotopic (exact) mass is 302 g/mol. The van der Waals surface area contributed by atoms with Crippen LogP contribution in [-0.2, 0) is 4.74 Å². The van der Waals surface area contributed by atoms with Crippen molar-refractivity contribution in [2.75, 3.05) is 20.1 Å². The number of hydrogen-bond acceptors (Lipinski definition) is 3. The largest absolute Gasteiger partial charge is 0.445 e. The molecule has 1 aliphatic heterocycles. The predicted octanol–water partition coefficient (Wildman–Crippen LogP) is 3.75. The Morgan fingerprint density at radius 3 is 2.32 bits per heavy atom. The molecule has 120 valence electrons. The lowest BCUT2D eigenvalue weighted by Crippen LogP contribution is -2.35. The predicted molar refractivity (Wildman–Crippen MR) is 89.4 cm³/mol. The molecule has 0 atom stereocenters. The second-order valence-corrected chi connectivity index (χ2v) is 6.96. The summed E-state index contributed by atoms with van der Waals surface area (Å²) in [6, 6.07) is 9.83. The van der Waals surface area contributed by atoms with E-state index >= 15 is 0 Å². The van der Waals surface area contributed by atoms with E-state index in [0.29, 0.717) is 0 Å². The second kappa shape index (κ2) is 7.05. The quantitative estimate of drug-likeness (QED) is 0.781. The van der Waals surface area contributed by atoms with Gasteiger partial charge in [-0.1, -0.05) is 51.1 Å². The summed E-state index contributed by atoms with van der Waals surface area (Å²) >= 11 is 0. The molecule has 1 aromatic carbocycles. The van der Waals surface area contributed by atoms with Gasteiger partial charge in [0.1, 0.15) is 6.10 Å². The molecular weight excluding hydrogens is 276 g/mol. The topological polar surface area (TPSA) is 41.9 Å². The van der Waals surface area contributed by atoms with Gasteiger partial charge in [-0.25, -0.2) is 4.79 Å². The van der Waals surface area contributed by atoms with Gasteiger partial charge >= 0.3 is 6.09 Å². The van der Waals surface area contributed by atoms with Crippen LogP contribution in [0.5, 0.6) is 0 Å². The Kier molecular flexibility index (Phi) is 5.35. The summed E-state index contributed by atoms with van der Waals surface area (Å²) in [5.74, 6) is 0. The summed E-state index contributed by atoms with van der Waals surface area (Å²) < 4.78 is 5.53. The molecule has 1 aromatic rings. The zero-order chi connectivity index (χ0) is 16.2. The minimum Gasteiger partial charge on any atom is -0.445 e. The third-order valence-corrected chi connectivity index (χ3v) is 3.89. The van der Waals surface area contributed by atoms with Crippen LogP contribution in [0.4, 0.5) is 4.79 Å². The number of nitrogens with zero attached hydrogens (tertiary/aromatic N) is 2. The van der Waals surface area contributed by atoms with E-state index < -0.39 is 6.09 Å². The molecule has 0 N–H and O–H groups in total. The van der Waals surface area contributed by atoms with E-state index in [2.05, 4.69) is 37.7 Å². The first-order valence-corrected chi connectivity index (χ1v) is 7.90. The number of likely N-dealkylation sites (tertiary alicyclic amines) is 1. The van der Waals surface area contributed by atoms with Gasteiger partial charge in [0.2, 0.25) is 0 Å². The molecule has 0 radical (unpaired) electrons. The van der Waals surface area contributed by atoms with Crippen LogP contribution in [0.15, 0.2) is 35.3 Å². The van der Waals surface area contributed by atoms with E-state index in [-0.39, 0.29) is 11.5 Å². The third kappa shape index (κ3) is 4.67. The molecule has 0 bridgehead atoms. The van der Waals surface area contributed by atoms with Crippen LogP contribution < -0.4 is 0 Å². The zero-order valence-corrected chi connectivity index (χ0v) is 14.0. The van der Waals surface area contributed by atoms with Gasteiger partial charge in [-0.2, -0.15) is 4.99 Å². The van der Waals surface area contributed by atoms with Crippen molar-refractivity contribution in [3.8, 4) is 0 Å². The maximum absolute atomic E-state index is 12.2. The molecular formula is C18H26N2O2. The fourth-order valence-corrected chi connectivity index (χ4v) is 2.62. The van der Waals surface area contributed by atoms with Crippen LogP contribution in [0.1, 0.15) is 39.2 Å². The van der Waals surface area contributed by atoms with Gasteiger partial charge in [-0.15, -0.1) is 0 Å². The van der Waals surface area contributed by atoms with Crippen molar-refractivity contribution in [3.05, 3.63) is 35.9 Å². The first-order valence-electron chi connectivity index (χ1n) is 7.90. The van der Waals surface area contributed by atoms with Crippen LogP contribution >= 0.6 is 0 Å². The fourth-order valence-electron chi connectivity index (χ4n) is 2.62. The van der Waals surface area contributed by atoms with Gasteiger partial charge in [-0.05, 0) is 25.5 Å². The molecule has 4 heteroatoms. The number of benzene rings is 1. The molecule has 0 unspecified atom stereocenters. The van der Waals surface area contributed by atoms with Crippen LogP contribution in [0.3, 0.4) is 0 Å². The van der Waals surface area contributed by atoms with E-state index in [0.717, 1.165) is 37.2 Å². The molecule has 0 aromatic heterocycles. The van der Waals surface area contributed by atoms with Crippen LogP contribution in [0.25, 0.3) is 0 Å². The van der Waals surface area contributed by atoms with Gasteiger partial charge in [0.05, 0.1) is 5.71 Å². The fraction of sp³-hybridized carbons (Fsp3) is 0.556. The highest BCUT2D eigenvalue weighted by Gasteiger charge is 2.24. The van der Waals surface area contributed by atoms with E-state index in [9.17, 15) is 4.79 Å². The number of hydrogen-bond donors (Lipinski definition) is 0. The highest BCUT2D eigenvalue weighted by molar-refractivity contribution is 6.08. The van der Waals surface area contributed by atoms with Crippen molar-refractivity contribution in [2.24, 2.45) is 10.4 Å². The summed E-state index contributed by atoms with van der Waals surface area (Å²) in [5, 5.41) is 0. The lowest BCUT2D eigenvalue weighted by atomic mass is 9.85. The smallest absolute Gasteiger partial charge is 0.434 e. The van der Waals surface area contributed by atoms with Crippen LogP contribution in [0, 0.1) is 5.41 Å². The van der Waals surface area contributed by atoms with E-state index in [1.165, 1.54) is 0 Å². The Morgan fingerprint density at radius 1 is 1.18 bits per heavy atom. The molecule has 4 nitrogen and oxygen atoms in total. The van der Waals surface area contributed by atoms with Crippen molar-refractivity contribution in [3.63, 3.8) is 0 Å². The molecule has 0 spiro atoms. The zero-order valence-electron chi connectivity index (χ0n) is 14.0. The van der Waals surface area contributed by atoms with Crippen LogP contribution in [-0.4, -0.2) is 42.9 Å². The number of ether oxygens (including phenoxy) is 1. The number of aliphatic imine (C=N–C) groups is 1. The maximum Gasteiger partial charge on any atom is 0.434 e. The molecule has 2 rings (SSSR count). The molecule has 1 saturated heterocycles. The first kappa shape index (κ1) is 16.7. The number of amides is 1. The molecule has 1 heterocycles. The number of rotatable bonds is 2. The summed E-state index contributed by atoms with van der Waals surface area (Å²) in [5.41, 5.74) is 1.52. The van der Waals surface area contributed by atoms with E-state index in [1.807, 2.05) is 30.3 Å². The number of carbonyl (C=O) groups is 1. The van der Waals surface area contributed by atoms with Crippen molar-refractivity contribution in [1.29, 1.82) is 0 Å². The molecule has 22 heavy (non-hydrogen) atoms. The van der Waals surface area contributed by atoms with Crippen molar-refractivity contribution in [1.82, 2.24) is 4.90 Å². The number of piperidine rings is 1. The Labute approximate surface area is 133 Å². The van der Waals surface area contributed by atoms with Gasteiger partial charge in [0, 0.05) is 18.5 Å². The first-order chi connectivity index (χ1) is 10.4. The number of carbonyl (C=O) groups excluding carboxylic acids is 1. The molecule has 0 saturated carbocycles. The summed E-state index contributed by atoms with van der Waals surface area (Å²) in [4.78, 5) is 18.7. The summed E-state index contributed by atoms with van der Waals surface area (Å²) in [6.07, 6.45) is 1.29. The Balaban J connectivity index is 2.10. The SMILES string of the molecule is CN1CCC(OC(=O)/N=C(\c2ccccc2)C(C)(C)C)CC1. The minimum atomic E-state index is -0.469. The minimum absolute atomic E-state index is 0.00978. The van der Waals surface area contributed by atoms with Gasteiger partial charge < -0.3 is 9.64 Å². The molecule has 1 fully saturated rings. The normalized spacial score (nSPS) is 18.3. The van der Waals surface area contributed by atoms with Gasteiger partial charge in [0.25, 0.3) is 0 Å². The van der Waals surface area contributed by atoms with E-state index in [4.69, 9.17) is 4.74 Å². The van der Waals surface area contributed by atoms with Crippen molar-refractivity contribution >= 4 is 11.8 Å². The van der Waals surface area contributed by atoms with Crippen molar-refractivity contribution in [2.45, 2.75) is 39.7 Å². The lowest BCUT2D eigenvalue weighted by molar-refractivity contribution is 0.0635. The molecule has 1 amide bonds. The molecule has 1 aliphatic rings. The Hall–Kier alpha value is -1.68. The Morgan fingerprint density at radius 2 is 1.77 bits per heavy atom. The standard InChI is InChI=1S/C18H26N2O2/c1-18(2,3)16(14-8-6-5-7-9-14)19-17(21)22-15-10-12-20(4)13-11-15/h5-9,15H,10-13H2,1-4H3/b19-16+.